The molecule has 0 saturated heterocycles. The van der Waals surface area contributed by atoms with E-state index in [1.165, 1.54) is 22.2 Å². The van der Waals surface area contributed by atoms with E-state index >= 15 is 0 Å². The number of aliphatic hydroxyl groups excluding tert-OH is 1. The molecule has 1 heterocycles. The summed E-state index contributed by atoms with van der Waals surface area (Å²) in [5.41, 5.74) is 4.84. The number of hydrogen-bond donors (Lipinski definition) is 2. The fourth-order valence-corrected chi connectivity index (χ4v) is 3.33. The molecule has 1 aromatic heterocycles. The van der Waals surface area contributed by atoms with Crippen LogP contribution in [0, 0.1) is 6.92 Å². The molecule has 25 heavy (non-hydrogen) atoms. The van der Waals surface area contributed by atoms with Crippen LogP contribution in [0.4, 0.5) is 0 Å². The number of nitrogens with one attached hydrogen (secondary N) is 1. The van der Waals surface area contributed by atoms with E-state index in [1.54, 1.807) is 6.92 Å². The van der Waals surface area contributed by atoms with E-state index in [4.69, 9.17) is 11.6 Å². The lowest BCUT2D eigenvalue weighted by atomic mass is 10.1. The standard InChI is InChI=1S/C20H23ClN2O.ClH/c1-14(24)11-22-12-18-15(2)23(20-10-6-4-8-17(18)20)13-16-7-3-5-9-19(16)21;/h3-10,14,22,24H,11-13H2,1-2H3;1H. The lowest BCUT2D eigenvalue weighted by molar-refractivity contribution is 0.191. The highest BCUT2D eigenvalue weighted by Crippen LogP contribution is 2.28. The molecule has 0 amide bonds. The monoisotopic (exact) mass is 378 g/mol. The third-order valence-electron chi connectivity index (χ3n) is 4.39. The Morgan fingerprint density at radius 2 is 1.80 bits per heavy atom. The summed E-state index contributed by atoms with van der Waals surface area (Å²) < 4.78 is 2.32. The van der Waals surface area contributed by atoms with Gasteiger partial charge in [0, 0.05) is 41.3 Å². The quantitative estimate of drug-likeness (QED) is 0.660. The molecule has 0 saturated carbocycles. The van der Waals surface area contributed by atoms with Crippen molar-refractivity contribution in [1.82, 2.24) is 9.88 Å². The van der Waals surface area contributed by atoms with Gasteiger partial charge in [-0.1, -0.05) is 48.0 Å². The molecule has 0 bridgehead atoms. The molecule has 0 fully saturated rings. The minimum absolute atomic E-state index is 0. The zero-order valence-electron chi connectivity index (χ0n) is 14.5. The number of aromatic nitrogens is 1. The van der Waals surface area contributed by atoms with Crippen LogP contribution in [0.3, 0.4) is 0 Å². The molecule has 1 unspecified atom stereocenters. The highest BCUT2D eigenvalue weighted by atomic mass is 35.5. The van der Waals surface area contributed by atoms with Gasteiger partial charge in [0.25, 0.3) is 0 Å². The highest BCUT2D eigenvalue weighted by molar-refractivity contribution is 6.31. The second-order valence-corrected chi connectivity index (χ2v) is 6.65. The maximum Gasteiger partial charge on any atom is 0.0636 e. The molecule has 0 aliphatic rings. The molecule has 2 aromatic carbocycles. The van der Waals surface area contributed by atoms with E-state index in [-0.39, 0.29) is 18.5 Å². The van der Waals surface area contributed by atoms with Crippen LogP contribution >= 0.6 is 24.0 Å². The van der Waals surface area contributed by atoms with Gasteiger partial charge in [0.05, 0.1) is 6.10 Å². The van der Waals surface area contributed by atoms with Gasteiger partial charge in [0.1, 0.15) is 0 Å². The van der Waals surface area contributed by atoms with Crippen LogP contribution in [0.5, 0.6) is 0 Å². The zero-order chi connectivity index (χ0) is 17.1. The molecular weight excluding hydrogens is 355 g/mol. The summed E-state index contributed by atoms with van der Waals surface area (Å²) in [5.74, 6) is 0. The van der Waals surface area contributed by atoms with Crippen LogP contribution in [0.25, 0.3) is 10.9 Å². The van der Waals surface area contributed by atoms with E-state index in [0.717, 1.165) is 23.7 Å². The first kappa shape index (κ1) is 19.8. The topological polar surface area (TPSA) is 37.2 Å². The molecule has 0 radical (unpaired) electrons. The van der Waals surface area contributed by atoms with Crippen LogP contribution < -0.4 is 5.32 Å². The maximum atomic E-state index is 9.46. The summed E-state index contributed by atoms with van der Waals surface area (Å²) >= 11 is 6.35. The van der Waals surface area contributed by atoms with Gasteiger partial charge in [-0.3, -0.25) is 0 Å². The minimum atomic E-state index is -0.346. The predicted molar refractivity (Wildman–Crippen MR) is 108 cm³/mol. The van der Waals surface area contributed by atoms with Crippen molar-refractivity contribution < 1.29 is 5.11 Å². The van der Waals surface area contributed by atoms with Gasteiger partial charge in [0.15, 0.2) is 0 Å². The summed E-state index contributed by atoms with van der Waals surface area (Å²) in [7, 11) is 0. The highest BCUT2D eigenvalue weighted by Gasteiger charge is 2.14. The third kappa shape index (κ3) is 4.36. The first-order chi connectivity index (χ1) is 11.6. The Hall–Kier alpha value is -1.52. The number of nitrogens with zero attached hydrogens (tertiary/aromatic N) is 1. The number of hydrogen-bond acceptors (Lipinski definition) is 2. The molecule has 3 rings (SSSR count). The van der Waals surface area contributed by atoms with Gasteiger partial charge in [-0.05, 0) is 37.1 Å². The Kier molecular flexibility index (Phi) is 6.91. The smallest absolute Gasteiger partial charge is 0.0636 e. The van der Waals surface area contributed by atoms with Gasteiger partial charge in [-0.25, -0.2) is 0 Å². The van der Waals surface area contributed by atoms with E-state index in [0.29, 0.717) is 6.54 Å². The second kappa shape index (κ2) is 8.72. The predicted octanol–water partition coefficient (Wildman–Crippen LogP) is 4.54. The molecule has 1 atom stereocenters. The Morgan fingerprint density at radius 3 is 2.52 bits per heavy atom. The van der Waals surface area contributed by atoms with E-state index in [9.17, 15) is 5.11 Å². The fourth-order valence-electron chi connectivity index (χ4n) is 3.13. The van der Waals surface area contributed by atoms with Crippen LogP contribution in [0.15, 0.2) is 48.5 Å². The van der Waals surface area contributed by atoms with Crippen molar-refractivity contribution in [2.24, 2.45) is 0 Å². The molecule has 3 nitrogen and oxygen atoms in total. The lowest BCUT2D eigenvalue weighted by Crippen LogP contribution is -2.24. The Bertz CT molecular complexity index is 843. The molecule has 3 aromatic rings. The van der Waals surface area contributed by atoms with Crippen molar-refractivity contribution in [3.05, 3.63) is 70.4 Å². The number of fused-ring (bicyclic) bond motifs is 1. The molecule has 5 heteroatoms. The fraction of sp³-hybridized carbons (Fsp3) is 0.300. The van der Waals surface area contributed by atoms with Gasteiger partial charge in [-0.15, -0.1) is 12.4 Å². The summed E-state index contributed by atoms with van der Waals surface area (Å²) in [6, 6.07) is 16.4. The molecular formula is C20H24Cl2N2O. The number of benzene rings is 2. The van der Waals surface area contributed by atoms with E-state index in [2.05, 4.69) is 47.1 Å². The van der Waals surface area contributed by atoms with Crippen LogP contribution in [0.1, 0.15) is 23.7 Å². The van der Waals surface area contributed by atoms with Crippen molar-refractivity contribution >= 4 is 34.9 Å². The summed E-state index contributed by atoms with van der Waals surface area (Å²) in [4.78, 5) is 0. The Balaban J connectivity index is 0.00000225. The molecule has 134 valence electrons. The minimum Gasteiger partial charge on any atom is -0.392 e. The number of halogens is 2. The van der Waals surface area contributed by atoms with Crippen LogP contribution in [-0.4, -0.2) is 22.3 Å². The third-order valence-corrected chi connectivity index (χ3v) is 4.76. The lowest BCUT2D eigenvalue weighted by Gasteiger charge is -2.11. The number of aliphatic hydroxyl groups is 1. The van der Waals surface area contributed by atoms with Gasteiger partial charge in [-0.2, -0.15) is 0 Å². The van der Waals surface area contributed by atoms with E-state index < -0.39 is 0 Å². The molecule has 0 aliphatic carbocycles. The van der Waals surface area contributed by atoms with E-state index in [1.807, 2.05) is 18.2 Å². The zero-order valence-corrected chi connectivity index (χ0v) is 16.1. The SMILES string of the molecule is Cc1c(CNCC(C)O)c2ccccc2n1Cc1ccccc1Cl.Cl. The van der Waals surface area contributed by atoms with Crippen molar-refractivity contribution in [3.8, 4) is 0 Å². The van der Waals surface area contributed by atoms with Crippen LogP contribution in [0.2, 0.25) is 5.02 Å². The Morgan fingerprint density at radius 1 is 1.12 bits per heavy atom. The van der Waals surface area contributed by atoms with Crippen molar-refractivity contribution in [1.29, 1.82) is 0 Å². The van der Waals surface area contributed by atoms with Gasteiger partial charge < -0.3 is 15.0 Å². The average molecular weight is 379 g/mol. The number of rotatable bonds is 6. The molecule has 0 aliphatic heterocycles. The summed E-state index contributed by atoms with van der Waals surface area (Å²) in [6.07, 6.45) is -0.346. The van der Waals surface area contributed by atoms with Gasteiger partial charge in [0.2, 0.25) is 0 Å². The first-order valence-corrected chi connectivity index (χ1v) is 8.64. The van der Waals surface area contributed by atoms with Crippen molar-refractivity contribution in [3.63, 3.8) is 0 Å². The second-order valence-electron chi connectivity index (χ2n) is 6.24. The molecule has 2 N–H and O–H groups in total. The largest absolute Gasteiger partial charge is 0.392 e. The van der Waals surface area contributed by atoms with Crippen molar-refractivity contribution in [2.75, 3.05) is 6.54 Å². The maximum absolute atomic E-state index is 9.46. The van der Waals surface area contributed by atoms with Crippen LogP contribution in [-0.2, 0) is 13.1 Å². The van der Waals surface area contributed by atoms with Crippen molar-refractivity contribution in [2.45, 2.75) is 33.0 Å². The Labute approximate surface area is 160 Å². The molecule has 0 spiro atoms. The summed E-state index contributed by atoms with van der Waals surface area (Å²) in [5, 5.41) is 14.8. The summed E-state index contributed by atoms with van der Waals surface area (Å²) in [6.45, 7) is 6.02. The average Bonchev–Trinajstić information content (AvgIpc) is 2.82. The first-order valence-electron chi connectivity index (χ1n) is 8.27. The van der Waals surface area contributed by atoms with Gasteiger partial charge >= 0.3 is 0 Å². The normalized spacial score (nSPS) is 12.2. The number of para-hydroxylation sites is 1.